The van der Waals surface area contributed by atoms with Crippen LogP contribution in [0, 0.1) is 26.7 Å². The number of guanidine groups is 1. The molecular formula is C45H58N8O9S2. The van der Waals surface area contributed by atoms with Crippen LogP contribution >= 0.6 is 11.3 Å². The van der Waals surface area contributed by atoms with E-state index in [9.17, 15) is 32.4 Å². The summed E-state index contributed by atoms with van der Waals surface area (Å²) in [5, 5.41) is 12.7. The van der Waals surface area contributed by atoms with E-state index in [-0.39, 0.29) is 54.7 Å². The molecule has 0 saturated carbocycles. The third-order valence-electron chi connectivity index (χ3n) is 10.2. The first-order valence-electron chi connectivity index (χ1n) is 20.8. The molecule has 3 aromatic carbocycles. The quantitative estimate of drug-likeness (QED) is 0.0216. The fraction of sp³-hybridized carbons (Fsp3) is 0.400. The monoisotopic (exact) mass is 918 g/mol. The molecule has 4 amide bonds. The van der Waals surface area contributed by atoms with E-state index in [2.05, 4.69) is 36.0 Å². The van der Waals surface area contributed by atoms with Gasteiger partial charge in [-0.1, -0.05) is 74.5 Å². The van der Waals surface area contributed by atoms with E-state index >= 15 is 0 Å². The number of nitrogens with zero attached hydrogens (tertiary/aromatic N) is 2. The summed E-state index contributed by atoms with van der Waals surface area (Å²) in [6.45, 7) is 10.3. The maximum atomic E-state index is 14.1. The lowest BCUT2D eigenvalue weighted by molar-refractivity contribution is -0.145. The Hall–Kier alpha value is -6.34. The van der Waals surface area contributed by atoms with Crippen molar-refractivity contribution in [2.24, 2.45) is 16.6 Å². The predicted octanol–water partition coefficient (Wildman–Crippen LogP) is 4.04. The van der Waals surface area contributed by atoms with Crippen LogP contribution in [-0.4, -0.2) is 93.4 Å². The molecule has 0 aliphatic carbocycles. The smallest absolute Gasteiger partial charge is 0.329 e. The number of thiazole rings is 1. The van der Waals surface area contributed by atoms with E-state index in [1.807, 2.05) is 36.4 Å². The van der Waals surface area contributed by atoms with Crippen LogP contribution in [0.3, 0.4) is 0 Å². The van der Waals surface area contributed by atoms with Crippen molar-refractivity contribution in [3.05, 3.63) is 111 Å². The maximum absolute atomic E-state index is 14.1. The van der Waals surface area contributed by atoms with Crippen LogP contribution in [0.1, 0.15) is 71.2 Å². The molecule has 344 valence electrons. The highest BCUT2D eigenvalue weighted by atomic mass is 32.2. The number of hydrogen-bond acceptors (Lipinski definition) is 12. The zero-order valence-corrected chi connectivity index (χ0v) is 38.7. The van der Waals surface area contributed by atoms with Gasteiger partial charge in [-0.25, -0.2) is 27.7 Å². The molecule has 0 radical (unpaired) electrons. The van der Waals surface area contributed by atoms with Crippen molar-refractivity contribution in [1.82, 2.24) is 31.0 Å². The summed E-state index contributed by atoms with van der Waals surface area (Å²) < 4.78 is 39.6. The number of carbonyl (C=O) groups excluding carboxylic acids is 5. The molecule has 7 N–H and O–H groups in total. The molecule has 0 aliphatic heterocycles. The van der Waals surface area contributed by atoms with Gasteiger partial charge in [-0.05, 0) is 80.3 Å². The molecule has 1 aromatic heterocycles. The van der Waals surface area contributed by atoms with Gasteiger partial charge in [0.1, 0.15) is 23.9 Å². The van der Waals surface area contributed by atoms with Crippen molar-refractivity contribution < 1.29 is 41.9 Å². The van der Waals surface area contributed by atoms with Gasteiger partial charge in [0.15, 0.2) is 5.01 Å². The number of amides is 4. The number of nitrogens with two attached hydrogens (primary N) is 1. The third kappa shape index (κ3) is 14.3. The number of Topliss-reactive ketones (excluding diaryl/α,β-unsaturated/α-hetero) is 1. The number of nitrogens with one attached hydrogen (secondary N) is 5. The van der Waals surface area contributed by atoms with Crippen LogP contribution in [0.2, 0.25) is 0 Å². The fourth-order valence-electron chi connectivity index (χ4n) is 6.88. The number of ketones is 1. The van der Waals surface area contributed by atoms with Gasteiger partial charge in [-0.2, -0.15) is 0 Å². The van der Waals surface area contributed by atoms with E-state index in [1.54, 1.807) is 77.3 Å². The molecule has 4 atom stereocenters. The molecule has 4 rings (SSSR count). The van der Waals surface area contributed by atoms with E-state index < -0.39 is 69.7 Å². The lowest BCUT2D eigenvalue weighted by Crippen LogP contribution is -2.59. The zero-order chi connectivity index (χ0) is 47.0. The van der Waals surface area contributed by atoms with Gasteiger partial charge >= 0.3 is 12.0 Å². The maximum Gasteiger partial charge on any atom is 0.329 e. The third-order valence-corrected chi connectivity index (χ3v) is 12.7. The van der Waals surface area contributed by atoms with Gasteiger partial charge in [0, 0.05) is 31.0 Å². The van der Waals surface area contributed by atoms with Crippen molar-refractivity contribution in [1.29, 1.82) is 0 Å². The number of aromatic nitrogens is 1. The first-order chi connectivity index (χ1) is 30.4. The molecule has 1 unspecified atom stereocenters. The van der Waals surface area contributed by atoms with Crippen LogP contribution in [-0.2, 0) is 42.0 Å². The summed E-state index contributed by atoms with van der Waals surface area (Å²) in [5.74, 6) is -2.75. The Morgan fingerprint density at radius 2 is 1.44 bits per heavy atom. The molecule has 4 aromatic rings. The second kappa shape index (κ2) is 23.9. The molecule has 0 bridgehead atoms. The molecule has 19 heteroatoms. The Morgan fingerprint density at radius 1 is 0.828 bits per heavy atom. The molecule has 0 aliphatic rings. The minimum absolute atomic E-state index is 0.00685. The molecule has 0 fully saturated rings. The van der Waals surface area contributed by atoms with E-state index in [1.165, 1.54) is 13.3 Å². The van der Waals surface area contributed by atoms with E-state index in [4.69, 9.17) is 15.2 Å². The van der Waals surface area contributed by atoms with Crippen LogP contribution in [0.15, 0.2) is 88.2 Å². The van der Waals surface area contributed by atoms with E-state index in [0.29, 0.717) is 28.0 Å². The highest BCUT2D eigenvalue weighted by Gasteiger charge is 2.33. The summed E-state index contributed by atoms with van der Waals surface area (Å²) in [6.07, 6.45) is 1.90. The lowest BCUT2D eigenvalue weighted by Gasteiger charge is -2.27. The number of methoxy groups -OCH3 is 1. The van der Waals surface area contributed by atoms with Gasteiger partial charge in [-0.15, -0.1) is 11.3 Å². The normalized spacial score (nSPS) is 13.5. The summed E-state index contributed by atoms with van der Waals surface area (Å²) in [6, 6.07) is 14.3. The number of ether oxygens (including phenoxy) is 2. The van der Waals surface area contributed by atoms with Crippen molar-refractivity contribution >= 4 is 56.9 Å². The summed E-state index contributed by atoms with van der Waals surface area (Å²) in [4.78, 5) is 76.6. The lowest BCUT2D eigenvalue weighted by atomic mass is 9.99. The number of urea groups is 1. The second-order valence-corrected chi connectivity index (χ2v) is 17.9. The van der Waals surface area contributed by atoms with E-state index in [0.717, 1.165) is 16.9 Å². The molecule has 0 spiro atoms. The highest BCUT2D eigenvalue weighted by molar-refractivity contribution is 7.90. The Kier molecular flexibility index (Phi) is 18.8. The van der Waals surface area contributed by atoms with Crippen LogP contribution < -0.4 is 36.5 Å². The Balaban J connectivity index is 1.48. The standard InChI is InChI=1S/C45H58N8O9S2/c1-8-62-43(57)35(26-32-18-13-10-14-19-32)51-45(58)50-34(25-31-16-11-9-12-17-31)40(55)52-37(27(2)3)41(56)49-33(38(54)42-47-22-23-63-42)20-15-21-48-44(46)53-64(59,60)39-28(4)24-36(61-7)29(5)30(39)6/h9-14,16-19,22-24,27,33-35,37H,8,15,20-21,25-26H2,1-7H3,(H,49,56)(H,52,55)(H3,46,48,53)(H2,50,51,58)/t33-,34-,35?,37-/m0/s1. The van der Waals surface area contributed by atoms with Gasteiger partial charge in [0.2, 0.25) is 23.6 Å². The SMILES string of the molecule is CCOC(=O)C(Cc1ccccc1)NC(=O)N[C@@H](Cc1ccccc1)C(=O)N[C@H](C(=O)N[C@@H](CCCN=C(N)NS(=O)(=O)c1c(C)cc(OC)c(C)c1C)C(=O)c1nccs1)C(C)C. The number of esters is 1. The average molecular weight is 919 g/mol. The van der Waals surface area contributed by atoms with Crippen LogP contribution in [0.4, 0.5) is 4.79 Å². The Labute approximate surface area is 378 Å². The van der Waals surface area contributed by atoms with Gasteiger partial charge in [0.25, 0.3) is 10.0 Å². The number of benzene rings is 3. The van der Waals surface area contributed by atoms with Crippen molar-refractivity contribution in [2.45, 2.75) is 96.3 Å². The summed E-state index contributed by atoms with van der Waals surface area (Å²) >= 11 is 1.10. The minimum Gasteiger partial charge on any atom is -0.496 e. The van der Waals surface area contributed by atoms with Crippen LogP contribution in [0.5, 0.6) is 5.75 Å². The van der Waals surface area contributed by atoms with Gasteiger partial charge in [-0.3, -0.25) is 19.4 Å². The zero-order valence-electron chi connectivity index (χ0n) is 37.1. The van der Waals surface area contributed by atoms with Crippen molar-refractivity contribution in [2.75, 3.05) is 20.3 Å². The molecule has 1 heterocycles. The Bertz CT molecular complexity index is 2360. The average Bonchev–Trinajstić information content (AvgIpc) is 3.80. The summed E-state index contributed by atoms with van der Waals surface area (Å²) in [5.41, 5.74) is 9.14. The number of carbonyl (C=O) groups is 5. The minimum atomic E-state index is -4.12. The topological polar surface area (TPSA) is 249 Å². The molecule has 17 nitrogen and oxygen atoms in total. The number of aryl methyl sites for hydroxylation is 1. The van der Waals surface area contributed by atoms with Crippen molar-refractivity contribution in [3.63, 3.8) is 0 Å². The fourth-order valence-corrected chi connectivity index (χ4v) is 8.99. The number of rotatable bonds is 22. The highest BCUT2D eigenvalue weighted by Crippen LogP contribution is 2.30. The molecular weight excluding hydrogens is 861 g/mol. The summed E-state index contributed by atoms with van der Waals surface area (Å²) in [7, 11) is -2.62. The largest absolute Gasteiger partial charge is 0.496 e. The van der Waals surface area contributed by atoms with Gasteiger partial charge in [0.05, 0.1) is 24.7 Å². The first kappa shape index (κ1) is 50.3. The Morgan fingerprint density at radius 3 is 2.00 bits per heavy atom. The number of aliphatic imine (C=N–C) groups is 1. The second-order valence-electron chi connectivity index (χ2n) is 15.3. The molecule has 64 heavy (non-hydrogen) atoms. The number of sulfonamides is 1. The first-order valence-corrected chi connectivity index (χ1v) is 23.1. The van der Waals surface area contributed by atoms with Gasteiger partial charge < -0.3 is 36.5 Å². The predicted molar refractivity (Wildman–Crippen MR) is 245 cm³/mol. The molecule has 0 saturated heterocycles. The number of hydrogen-bond donors (Lipinski definition) is 6. The van der Waals surface area contributed by atoms with Crippen LogP contribution in [0.25, 0.3) is 0 Å². The van der Waals surface area contributed by atoms with Crippen molar-refractivity contribution in [3.8, 4) is 5.75 Å².